The first-order chi connectivity index (χ1) is 16.7. The first kappa shape index (κ1) is 23.5. The van der Waals surface area contributed by atoms with Gasteiger partial charge in [-0.05, 0) is 62.9 Å². The van der Waals surface area contributed by atoms with Crippen molar-refractivity contribution in [1.82, 2.24) is 9.88 Å². The molecular weight excluding hydrogens is 442 g/mol. The molecule has 0 spiro atoms. The minimum Gasteiger partial charge on any atom is -0.465 e. The largest absolute Gasteiger partial charge is 0.465 e. The van der Waals surface area contributed by atoms with Crippen molar-refractivity contribution in [1.29, 1.82) is 0 Å². The number of aryl methyl sites for hydroxylation is 1. The van der Waals surface area contributed by atoms with Gasteiger partial charge in [-0.2, -0.15) is 0 Å². The maximum Gasteiger partial charge on any atom is 0.407 e. The van der Waals surface area contributed by atoms with Gasteiger partial charge in [0.2, 0.25) is 5.91 Å². The number of piperazine rings is 1. The first-order valence-electron chi connectivity index (χ1n) is 12.6. The minimum atomic E-state index is -0.866. The van der Waals surface area contributed by atoms with Gasteiger partial charge in [-0.1, -0.05) is 13.0 Å². The molecule has 2 amide bonds. The molecule has 4 unspecified atom stereocenters. The number of nitrogens with one attached hydrogen (secondary N) is 1. The van der Waals surface area contributed by atoms with Crippen molar-refractivity contribution < 1.29 is 14.7 Å². The summed E-state index contributed by atoms with van der Waals surface area (Å²) in [5.74, 6) is 1.66. The molecule has 0 bridgehead atoms. The van der Waals surface area contributed by atoms with Crippen LogP contribution < -0.4 is 15.1 Å². The Kier molecular flexibility index (Phi) is 6.07. The molecule has 8 heteroatoms. The Morgan fingerprint density at radius 3 is 2.51 bits per heavy atom. The number of hydrogen-bond acceptors (Lipinski definition) is 5. The van der Waals surface area contributed by atoms with E-state index in [1.165, 1.54) is 4.90 Å². The summed E-state index contributed by atoms with van der Waals surface area (Å²) in [7, 11) is 0. The van der Waals surface area contributed by atoms with Crippen LogP contribution in [-0.2, 0) is 4.79 Å². The van der Waals surface area contributed by atoms with E-state index >= 15 is 0 Å². The van der Waals surface area contributed by atoms with Gasteiger partial charge in [0.05, 0.1) is 6.04 Å². The second-order valence-corrected chi connectivity index (χ2v) is 10.4. The Morgan fingerprint density at radius 2 is 1.89 bits per heavy atom. The fraction of sp³-hybridized carbons (Fsp3) is 0.519. The molecule has 4 atom stereocenters. The molecule has 1 aliphatic carbocycles. The fourth-order valence-electron chi connectivity index (χ4n) is 6.01. The maximum absolute atomic E-state index is 12.9. The van der Waals surface area contributed by atoms with Gasteiger partial charge < -0.3 is 25.1 Å². The minimum absolute atomic E-state index is 0.0122. The molecule has 2 aliphatic heterocycles. The fourth-order valence-corrected chi connectivity index (χ4v) is 6.01. The summed E-state index contributed by atoms with van der Waals surface area (Å²) in [6.07, 6.45) is 1.45. The summed E-state index contributed by atoms with van der Waals surface area (Å²) in [5, 5.41) is 13.2. The van der Waals surface area contributed by atoms with E-state index in [0.29, 0.717) is 25.6 Å². The Bertz CT molecular complexity index is 1130. The number of benzene rings is 1. The summed E-state index contributed by atoms with van der Waals surface area (Å²) in [6, 6.07) is 12.4. The quantitative estimate of drug-likeness (QED) is 0.673. The zero-order valence-electron chi connectivity index (χ0n) is 20.9. The van der Waals surface area contributed by atoms with Gasteiger partial charge in [0, 0.05) is 67.2 Å². The van der Waals surface area contributed by atoms with Crippen LogP contribution >= 0.6 is 0 Å². The van der Waals surface area contributed by atoms with Crippen molar-refractivity contribution in [3.63, 3.8) is 0 Å². The summed E-state index contributed by atoms with van der Waals surface area (Å²) in [4.78, 5) is 34.9. The molecule has 35 heavy (non-hydrogen) atoms. The van der Waals surface area contributed by atoms with Gasteiger partial charge in [0.25, 0.3) is 0 Å². The van der Waals surface area contributed by atoms with Crippen molar-refractivity contribution >= 4 is 29.2 Å². The van der Waals surface area contributed by atoms with Crippen molar-refractivity contribution in [2.45, 2.75) is 58.7 Å². The molecule has 3 aliphatic rings. The van der Waals surface area contributed by atoms with E-state index in [1.54, 1.807) is 6.92 Å². The van der Waals surface area contributed by atoms with Gasteiger partial charge in [-0.25, -0.2) is 9.78 Å². The number of carbonyl (C=O) groups is 2. The maximum atomic E-state index is 12.9. The third kappa shape index (κ3) is 4.42. The second-order valence-electron chi connectivity index (χ2n) is 10.4. The van der Waals surface area contributed by atoms with Gasteiger partial charge in [-0.15, -0.1) is 0 Å². The number of carboxylic acid groups (broad SMARTS) is 1. The molecule has 1 aromatic carbocycles. The number of nitrogens with zero attached hydrogens (tertiary/aromatic N) is 4. The average molecular weight is 478 g/mol. The molecule has 2 aromatic rings. The third-order valence-electron chi connectivity index (χ3n) is 7.84. The van der Waals surface area contributed by atoms with Gasteiger partial charge in [-0.3, -0.25) is 4.79 Å². The average Bonchev–Trinajstić information content (AvgIpc) is 3.65. The molecule has 0 radical (unpaired) electrons. The molecule has 8 nitrogen and oxygen atoms in total. The molecular formula is C27H35N5O3. The summed E-state index contributed by atoms with van der Waals surface area (Å²) < 4.78 is 0. The highest BCUT2D eigenvalue weighted by Gasteiger charge is 2.47. The molecule has 5 rings (SSSR count). The van der Waals surface area contributed by atoms with Crippen LogP contribution in [0, 0.1) is 18.8 Å². The lowest BCUT2D eigenvalue weighted by Gasteiger charge is -2.46. The van der Waals surface area contributed by atoms with Crippen LogP contribution in [0.4, 0.5) is 22.0 Å². The van der Waals surface area contributed by atoms with E-state index < -0.39 is 6.09 Å². The topological polar surface area (TPSA) is 89.0 Å². The Morgan fingerprint density at radius 1 is 1.11 bits per heavy atom. The highest BCUT2D eigenvalue weighted by atomic mass is 16.4. The monoisotopic (exact) mass is 477 g/mol. The smallest absolute Gasteiger partial charge is 0.407 e. The number of amides is 2. The highest BCUT2D eigenvalue weighted by molar-refractivity contribution is 5.94. The highest BCUT2D eigenvalue weighted by Crippen LogP contribution is 2.50. The molecule has 1 saturated heterocycles. The standard InChI is InChI=1S/C27H35N5O3/c1-16-6-5-7-24(28-16)29-25-18(3)26(20-8-9-20)32(19(4)33)23-11-10-21(14-22(23)25)30-12-13-31(27(34)35)17(2)15-30/h5-7,10-11,14,17-18,20,25-26H,8-9,12-13,15H2,1-4H3,(H,28,29)(H,34,35). The van der Waals surface area contributed by atoms with Gasteiger partial charge >= 0.3 is 6.09 Å². The Balaban J connectivity index is 1.53. The van der Waals surface area contributed by atoms with E-state index in [4.69, 9.17) is 4.98 Å². The van der Waals surface area contributed by atoms with Crippen LogP contribution in [0.25, 0.3) is 0 Å². The summed E-state index contributed by atoms with van der Waals surface area (Å²) >= 11 is 0. The number of aromatic nitrogens is 1. The zero-order valence-corrected chi connectivity index (χ0v) is 20.9. The van der Waals surface area contributed by atoms with Crippen LogP contribution in [0.15, 0.2) is 36.4 Å². The van der Waals surface area contributed by atoms with Crippen molar-refractivity contribution in [2.75, 3.05) is 34.8 Å². The van der Waals surface area contributed by atoms with Crippen molar-refractivity contribution in [3.8, 4) is 0 Å². The first-order valence-corrected chi connectivity index (χ1v) is 12.6. The normalized spacial score (nSPS) is 26.3. The summed E-state index contributed by atoms with van der Waals surface area (Å²) in [6.45, 7) is 9.61. The predicted molar refractivity (Wildman–Crippen MR) is 137 cm³/mol. The van der Waals surface area contributed by atoms with E-state index in [1.807, 2.05) is 36.9 Å². The molecule has 186 valence electrons. The molecule has 3 heterocycles. The number of carbonyl (C=O) groups excluding carboxylic acids is 1. The van der Waals surface area contributed by atoms with Gasteiger partial charge in [0.15, 0.2) is 0 Å². The second kappa shape index (κ2) is 9.06. The van der Waals surface area contributed by atoms with E-state index in [9.17, 15) is 14.7 Å². The lowest BCUT2D eigenvalue weighted by atomic mass is 9.79. The predicted octanol–water partition coefficient (Wildman–Crippen LogP) is 4.51. The number of pyridine rings is 1. The Hall–Kier alpha value is -3.29. The van der Waals surface area contributed by atoms with Crippen LogP contribution in [0.1, 0.15) is 50.9 Å². The number of hydrogen-bond donors (Lipinski definition) is 2. The van der Waals surface area contributed by atoms with E-state index in [-0.39, 0.29) is 30.0 Å². The van der Waals surface area contributed by atoms with E-state index in [2.05, 4.69) is 35.3 Å². The summed E-state index contributed by atoms with van der Waals surface area (Å²) in [5.41, 5.74) is 4.09. The lowest BCUT2D eigenvalue weighted by molar-refractivity contribution is -0.117. The molecule has 1 saturated carbocycles. The van der Waals surface area contributed by atoms with Crippen LogP contribution in [-0.4, -0.2) is 58.7 Å². The van der Waals surface area contributed by atoms with Gasteiger partial charge in [0.1, 0.15) is 5.82 Å². The number of anilines is 3. The number of rotatable bonds is 4. The molecule has 1 aromatic heterocycles. The SMILES string of the molecule is CC(=O)N1c2ccc(N3CCN(C(=O)O)C(C)C3)cc2C(Nc2cccc(C)n2)C(C)C1C1CC1. The third-order valence-corrected chi connectivity index (χ3v) is 7.84. The van der Waals surface area contributed by atoms with Crippen LogP contribution in [0.2, 0.25) is 0 Å². The van der Waals surface area contributed by atoms with Crippen LogP contribution in [0.5, 0.6) is 0 Å². The zero-order chi connectivity index (χ0) is 24.9. The van der Waals surface area contributed by atoms with Crippen molar-refractivity contribution in [2.24, 2.45) is 11.8 Å². The molecule has 2 fully saturated rings. The van der Waals surface area contributed by atoms with Crippen LogP contribution in [0.3, 0.4) is 0 Å². The number of fused-ring (bicyclic) bond motifs is 1. The van der Waals surface area contributed by atoms with Crippen molar-refractivity contribution in [3.05, 3.63) is 47.7 Å². The van der Waals surface area contributed by atoms with E-state index in [0.717, 1.165) is 41.3 Å². The Labute approximate surface area is 206 Å². The lowest BCUT2D eigenvalue weighted by Crippen LogP contribution is -2.54. The molecule has 2 N–H and O–H groups in total.